The summed E-state index contributed by atoms with van der Waals surface area (Å²) >= 11 is 0. The Bertz CT molecular complexity index is 712. The van der Waals surface area contributed by atoms with Crippen molar-refractivity contribution in [3.63, 3.8) is 0 Å². The summed E-state index contributed by atoms with van der Waals surface area (Å²) in [5.74, 6) is 0. The molecule has 0 aliphatic carbocycles. The molecule has 0 fully saturated rings. The van der Waals surface area contributed by atoms with E-state index in [9.17, 15) is 0 Å². The van der Waals surface area contributed by atoms with E-state index >= 15 is 0 Å². The van der Waals surface area contributed by atoms with Crippen LogP contribution < -0.4 is 5.32 Å². The van der Waals surface area contributed by atoms with Crippen LogP contribution in [0.5, 0.6) is 0 Å². The van der Waals surface area contributed by atoms with Crippen molar-refractivity contribution in [3.8, 4) is 0 Å². The Hall–Kier alpha value is -2.47. The molecule has 2 aromatic heterocycles. The molecule has 6 nitrogen and oxygen atoms in total. The predicted molar refractivity (Wildman–Crippen MR) is 88.7 cm³/mol. The summed E-state index contributed by atoms with van der Waals surface area (Å²) in [6.07, 6.45) is 7.31. The fraction of sp³-hybridized carbons (Fsp3) is 0.353. The van der Waals surface area contributed by atoms with Gasteiger partial charge in [0, 0.05) is 30.9 Å². The molecular formula is C17H22N6. The molecule has 0 saturated carbocycles. The smallest absolute Gasteiger partial charge is 0.137 e. The first kappa shape index (κ1) is 15.4. The Morgan fingerprint density at radius 2 is 1.74 bits per heavy atom. The third-order valence-corrected chi connectivity index (χ3v) is 3.68. The molecule has 3 rings (SSSR count). The largest absolute Gasteiger partial charge is 0.309 e. The standard InChI is InChI=1S/C17H22N6/c1-14(2)23-11-17(9-20-23)8-18-7-15-3-5-16(6-4-15)10-22-13-19-12-21-22/h3-6,9,11-14,18H,7-8,10H2,1-2H3. The lowest BCUT2D eigenvalue weighted by molar-refractivity contribution is 0.531. The highest BCUT2D eigenvalue weighted by Crippen LogP contribution is 2.07. The van der Waals surface area contributed by atoms with Gasteiger partial charge in [0.2, 0.25) is 0 Å². The summed E-state index contributed by atoms with van der Waals surface area (Å²) in [6, 6.07) is 8.97. The monoisotopic (exact) mass is 310 g/mol. The molecule has 23 heavy (non-hydrogen) atoms. The summed E-state index contributed by atoms with van der Waals surface area (Å²) < 4.78 is 3.80. The molecule has 6 heteroatoms. The van der Waals surface area contributed by atoms with E-state index in [4.69, 9.17) is 0 Å². The zero-order valence-corrected chi connectivity index (χ0v) is 13.6. The van der Waals surface area contributed by atoms with E-state index in [1.807, 2.05) is 15.6 Å². The fourth-order valence-electron chi connectivity index (χ4n) is 2.37. The minimum Gasteiger partial charge on any atom is -0.309 e. The Kier molecular flexibility index (Phi) is 4.83. The first-order valence-electron chi connectivity index (χ1n) is 7.84. The second-order valence-electron chi connectivity index (χ2n) is 5.94. The number of hydrogen-bond acceptors (Lipinski definition) is 4. The van der Waals surface area contributed by atoms with E-state index < -0.39 is 0 Å². The van der Waals surface area contributed by atoms with Gasteiger partial charge in [0.15, 0.2) is 0 Å². The first-order chi connectivity index (χ1) is 11.2. The predicted octanol–water partition coefficient (Wildman–Crippen LogP) is 2.39. The van der Waals surface area contributed by atoms with Crippen LogP contribution in [0.2, 0.25) is 0 Å². The van der Waals surface area contributed by atoms with Crippen molar-refractivity contribution < 1.29 is 0 Å². The summed E-state index contributed by atoms with van der Waals surface area (Å²) in [5.41, 5.74) is 3.70. The molecule has 0 unspecified atom stereocenters. The molecule has 3 aromatic rings. The molecule has 0 spiro atoms. The van der Waals surface area contributed by atoms with Gasteiger partial charge in [0.25, 0.3) is 0 Å². The van der Waals surface area contributed by atoms with Gasteiger partial charge in [-0.2, -0.15) is 10.2 Å². The number of nitrogens with zero attached hydrogens (tertiary/aromatic N) is 5. The quantitative estimate of drug-likeness (QED) is 0.728. The van der Waals surface area contributed by atoms with Gasteiger partial charge in [-0.3, -0.25) is 4.68 Å². The Morgan fingerprint density at radius 1 is 1.00 bits per heavy atom. The van der Waals surface area contributed by atoms with Gasteiger partial charge in [0.05, 0.1) is 12.7 Å². The second-order valence-corrected chi connectivity index (χ2v) is 5.94. The fourth-order valence-corrected chi connectivity index (χ4v) is 2.37. The van der Waals surface area contributed by atoms with Gasteiger partial charge in [-0.15, -0.1) is 0 Å². The van der Waals surface area contributed by atoms with Crippen LogP contribution in [0.1, 0.15) is 36.6 Å². The Morgan fingerprint density at radius 3 is 2.39 bits per heavy atom. The van der Waals surface area contributed by atoms with Crippen LogP contribution in [0.25, 0.3) is 0 Å². The van der Waals surface area contributed by atoms with Gasteiger partial charge in [0.1, 0.15) is 12.7 Å². The third kappa shape index (κ3) is 4.26. The second kappa shape index (κ2) is 7.19. The molecule has 1 aromatic carbocycles. The maximum absolute atomic E-state index is 4.35. The molecule has 0 atom stereocenters. The summed E-state index contributed by atoms with van der Waals surface area (Å²) in [7, 11) is 0. The minimum absolute atomic E-state index is 0.404. The van der Waals surface area contributed by atoms with Gasteiger partial charge in [-0.25, -0.2) is 9.67 Å². The van der Waals surface area contributed by atoms with Crippen LogP contribution in [-0.2, 0) is 19.6 Å². The average Bonchev–Trinajstić information content (AvgIpc) is 3.21. The number of hydrogen-bond donors (Lipinski definition) is 1. The first-order valence-corrected chi connectivity index (χ1v) is 7.84. The van der Waals surface area contributed by atoms with Gasteiger partial charge >= 0.3 is 0 Å². The highest BCUT2D eigenvalue weighted by molar-refractivity contribution is 5.22. The molecule has 0 amide bonds. The molecular weight excluding hydrogens is 288 g/mol. The van der Waals surface area contributed by atoms with Crippen molar-refractivity contribution in [1.82, 2.24) is 29.9 Å². The lowest BCUT2D eigenvalue weighted by Crippen LogP contribution is -2.12. The van der Waals surface area contributed by atoms with E-state index in [1.54, 1.807) is 12.7 Å². The molecule has 1 N–H and O–H groups in total. The zero-order chi connectivity index (χ0) is 16.1. The van der Waals surface area contributed by atoms with Crippen LogP contribution in [0.3, 0.4) is 0 Å². The van der Waals surface area contributed by atoms with Crippen LogP contribution in [-0.4, -0.2) is 24.5 Å². The number of benzene rings is 1. The van der Waals surface area contributed by atoms with Crippen LogP contribution in [0.4, 0.5) is 0 Å². The van der Waals surface area contributed by atoms with Gasteiger partial charge in [-0.05, 0) is 25.0 Å². The van der Waals surface area contributed by atoms with Gasteiger partial charge in [-0.1, -0.05) is 24.3 Å². The number of aromatic nitrogens is 5. The van der Waals surface area contributed by atoms with E-state index in [2.05, 4.69) is 64.8 Å². The highest BCUT2D eigenvalue weighted by Gasteiger charge is 2.02. The molecule has 0 bridgehead atoms. The van der Waals surface area contributed by atoms with Crippen molar-refractivity contribution in [2.24, 2.45) is 0 Å². The molecule has 0 aliphatic heterocycles. The average molecular weight is 310 g/mol. The number of rotatable bonds is 7. The number of nitrogens with one attached hydrogen (secondary N) is 1. The van der Waals surface area contributed by atoms with Crippen molar-refractivity contribution in [1.29, 1.82) is 0 Å². The van der Waals surface area contributed by atoms with Crippen molar-refractivity contribution in [2.45, 2.75) is 39.5 Å². The van der Waals surface area contributed by atoms with Crippen molar-refractivity contribution in [3.05, 3.63) is 66.0 Å². The van der Waals surface area contributed by atoms with E-state index in [-0.39, 0.29) is 0 Å². The molecule has 120 valence electrons. The lowest BCUT2D eigenvalue weighted by atomic mass is 10.1. The molecule has 0 radical (unpaired) electrons. The normalized spacial score (nSPS) is 11.3. The maximum Gasteiger partial charge on any atom is 0.137 e. The van der Waals surface area contributed by atoms with E-state index in [1.165, 1.54) is 16.7 Å². The summed E-state index contributed by atoms with van der Waals surface area (Å²) in [4.78, 5) is 3.95. The van der Waals surface area contributed by atoms with Crippen molar-refractivity contribution >= 4 is 0 Å². The zero-order valence-electron chi connectivity index (χ0n) is 13.6. The van der Waals surface area contributed by atoms with Crippen molar-refractivity contribution in [2.75, 3.05) is 0 Å². The van der Waals surface area contributed by atoms with Crippen LogP contribution in [0.15, 0.2) is 49.3 Å². The summed E-state index contributed by atoms with van der Waals surface area (Å²) in [5, 5.41) is 11.9. The SMILES string of the molecule is CC(C)n1cc(CNCc2ccc(Cn3cncn3)cc2)cn1. The maximum atomic E-state index is 4.35. The van der Waals surface area contributed by atoms with Crippen LogP contribution in [0, 0.1) is 0 Å². The van der Waals surface area contributed by atoms with E-state index in [0.717, 1.165) is 19.6 Å². The highest BCUT2D eigenvalue weighted by atomic mass is 15.3. The Labute approximate surface area is 136 Å². The summed E-state index contributed by atoms with van der Waals surface area (Å²) in [6.45, 7) is 6.68. The minimum atomic E-state index is 0.404. The lowest BCUT2D eigenvalue weighted by Gasteiger charge is -2.06. The topological polar surface area (TPSA) is 60.6 Å². The molecule has 0 aliphatic rings. The molecule has 0 saturated heterocycles. The Balaban J connectivity index is 1.48. The van der Waals surface area contributed by atoms with Gasteiger partial charge < -0.3 is 5.32 Å². The van der Waals surface area contributed by atoms with E-state index in [0.29, 0.717) is 6.04 Å². The van der Waals surface area contributed by atoms with Crippen LogP contribution >= 0.6 is 0 Å². The third-order valence-electron chi connectivity index (χ3n) is 3.68. The molecule has 2 heterocycles.